The molecule has 0 aliphatic carbocycles. The van der Waals surface area contributed by atoms with E-state index in [0.29, 0.717) is 55.7 Å². The highest BCUT2D eigenvalue weighted by Gasteiger charge is 2.36. The quantitative estimate of drug-likeness (QED) is 0.226. The molecule has 2 aliphatic heterocycles. The van der Waals surface area contributed by atoms with Gasteiger partial charge in [-0.2, -0.15) is 23.1 Å². The van der Waals surface area contributed by atoms with E-state index in [4.69, 9.17) is 9.47 Å². The van der Waals surface area contributed by atoms with Crippen LogP contribution in [0.1, 0.15) is 47.7 Å². The summed E-state index contributed by atoms with van der Waals surface area (Å²) in [5.74, 6) is 0.547. The molecule has 1 aromatic carbocycles. The summed E-state index contributed by atoms with van der Waals surface area (Å²) in [7, 11) is 1.50. The largest absolute Gasteiger partial charge is 0.491 e. The number of rotatable bonds is 12. The fraction of sp³-hybridized carbons (Fsp3) is 0.552. The molecule has 1 amide bonds. The summed E-state index contributed by atoms with van der Waals surface area (Å²) in [6, 6.07) is 3.82. The van der Waals surface area contributed by atoms with E-state index in [2.05, 4.69) is 37.4 Å². The minimum atomic E-state index is -4.59. The van der Waals surface area contributed by atoms with Crippen molar-refractivity contribution in [1.82, 2.24) is 24.8 Å². The maximum absolute atomic E-state index is 13.7. The molecule has 43 heavy (non-hydrogen) atoms. The molecule has 4 heterocycles. The van der Waals surface area contributed by atoms with Gasteiger partial charge >= 0.3 is 6.18 Å². The number of aromatic amines is 1. The summed E-state index contributed by atoms with van der Waals surface area (Å²) in [5.41, 5.74) is 1.04. The van der Waals surface area contributed by atoms with E-state index in [-0.39, 0.29) is 48.5 Å². The van der Waals surface area contributed by atoms with Crippen molar-refractivity contribution in [3.63, 3.8) is 0 Å². The van der Waals surface area contributed by atoms with Crippen molar-refractivity contribution in [3.05, 3.63) is 35.0 Å². The molecular weight excluding hydrogens is 567 g/mol. The first-order valence-corrected chi connectivity index (χ1v) is 14.6. The monoisotopic (exact) mass is 605 g/mol. The van der Waals surface area contributed by atoms with Gasteiger partial charge in [-0.05, 0) is 37.9 Å². The molecule has 0 saturated carbocycles. The van der Waals surface area contributed by atoms with Crippen molar-refractivity contribution in [2.24, 2.45) is 0 Å². The number of benzene rings is 1. The summed E-state index contributed by atoms with van der Waals surface area (Å²) >= 11 is 0. The summed E-state index contributed by atoms with van der Waals surface area (Å²) in [6.45, 7) is 5.99. The lowest BCUT2D eigenvalue weighted by molar-refractivity contribution is -0.136. The number of fused-ring (bicyclic) bond motifs is 2. The van der Waals surface area contributed by atoms with Crippen molar-refractivity contribution < 1.29 is 32.5 Å². The molecule has 0 spiro atoms. The van der Waals surface area contributed by atoms with Crippen LogP contribution in [-0.4, -0.2) is 101 Å². The van der Waals surface area contributed by atoms with Gasteiger partial charge in [-0.3, -0.25) is 9.69 Å². The number of piperidine rings is 1. The normalized spacial score (nSPS) is 15.7. The standard InChI is InChI=1S/C29H38F3N7O4/c1-3-10-38(13-14-40)18-6-11-39(12-7-18)27(41)20-4-5-22(24-19(20)8-15-43-24)35-28-36-25(33-9-16-42-2)23-21(29(30,31)32)17-34-26(23)37-28/h4-5,17-18,40H,3,6-16H2,1-2H3,(H3,33,34,35,36,37). The van der Waals surface area contributed by atoms with Crippen molar-refractivity contribution in [2.75, 3.05) is 70.3 Å². The van der Waals surface area contributed by atoms with Crippen LogP contribution in [0.15, 0.2) is 18.3 Å². The number of aliphatic hydroxyl groups is 1. The fourth-order valence-corrected chi connectivity index (χ4v) is 5.92. The van der Waals surface area contributed by atoms with Crippen molar-refractivity contribution in [2.45, 2.75) is 44.8 Å². The molecular formula is C29H38F3N7O4. The summed E-state index contributed by atoms with van der Waals surface area (Å²) in [4.78, 5) is 29.1. The highest BCUT2D eigenvalue weighted by molar-refractivity contribution is 5.98. The van der Waals surface area contributed by atoms with E-state index in [1.54, 1.807) is 12.1 Å². The van der Waals surface area contributed by atoms with Gasteiger partial charge in [-0.15, -0.1) is 0 Å². The third-order valence-electron chi connectivity index (χ3n) is 7.94. The van der Waals surface area contributed by atoms with Gasteiger partial charge in [0, 0.05) is 63.1 Å². The minimum Gasteiger partial charge on any atom is -0.491 e. The smallest absolute Gasteiger partial charge is 0.418 e. The number of likely N-dealkylation sites (tertiary alicyclic amines) is 1. The number of ether oxygens (including phenoxy) is 2. The Morgan fingerprint density at radius 1 is 1.26 bits per heavy atom. The average Bonchev–Trinajstić information content (AvgIpc) is 3.66. The van der Waals surface area contributed by atoms with Gasteiger partial charge in [0.15, 0.2) is 0 Å². The molecule has 234 valence electrons. The van der Waals surface area contributed by atoms with Crippen LogP contribution < -0.4 is 15.4 Å². The molecule has 0 bridgehead atoms. The number of anilines is 3. The van der Waals surface area contributed by atoms with E-state index in [0.717, 1.165) is 37.6 Å². The maximum atomic E-state index is 13.7. The zero-order chi connectivity index (χ0) is 30.6. The molecule has 2 aromatic heterocycles. The predicted octanol–water partition coefficient (Wildman–Crippen LogP) is 4.02. The Morgan fingerprint density at radius 2 is 2.05 bits per heavy atom. The molecule has 0 radical (unpaired) electrons. The van der Waals surface area contributed by atoms with Crippen molar-refractivity contribution >= 4 is 34.4 Å². The lowest BCUT2D eigenvalue weighted by Crippen LogP contribution is -2.47. The SMILES string of the molecule is CCCN(CCO)C1CCN(C(=O)c2ccc(Nc3nc(NCCOC)c4c(C(F)(F)F)c[nH]c4n3)c3c2CCO3)CC1. The molecule has 0 unspecified atom stereocenters. The van der Waals surface area contributed by atoms with Crippen molar-refractivity contribution in [3.8, 4) is 5.75 Å². The van der Waals surface area contributed by atoms with E-state index < -0.39 is 11.7 Å². The third-order valence-corrected chi connectivity index (χ3v) is 7.94. The Morgan fingerprint density at radius 3 is 2.74 bits per heavy atom. The summed E-state index contributed by atoms with van der Waals surface area (Å²) in [5, 5.41) is 15.3. The summed E-state index contributed by atoms with van der Waals surface area (Å²) in [6.07, 6.45) is -0.454. The lowest BCUT2D eigenvalue weighted by Gasteiger charge is -2.38. The number of carbonyl (C=O) groups excluding carboxylic acids is 1. The Kier molecular flexibility index (Phi) is 9.57. The van der Waals surface area contributed by atoms with Gasteiger partial charge in [0.25, 0.3) is 5.91 Å². The number of alkyl halides is 3. The number of aliphatic hydroxyl groups excluding tert-OH is 1. The van der Waals surface area contributed by atoms with Gasteiger partial charge in [-0.1, -0.05) is 6.92 Å². The van der Waals surface area contributed by atoms with E-state index in [1.165, 1.54) is 7.11 Å². The second-order valence-electron chi connectivity index (χ2n) is 10.7. The average molecular weight is 606 g/mol. The number of carbonyl (C=O) groups is 1. The second-order valence-corrected chi connectivity index (χ2v) is 10.7. The van der Waals surface area contributed by atoms with Crippen LogP contribution in [0.5, 0.6) is 5.75 Å². The molecule has 4 N–H and O–H groups in total. The zero-order valence-corrected chi connectivity index (χ0v) is 24.4. The number of halogens is 3. The zero-order valence-electron chi connectivity index (χ0n) is 24.4. The number of nitrogens with zero attached hydrogens (tertiary/aromatic N) is 4. The number of hydrogen-bond acceptors (Lipinski definition) is 9. The van der Waals surface area contributed by atoms with Crippen LogP contribution in [0.2, 0.25) is 0 Å². The van der Waals surface area contributed by atoms with Crippen LogP contribution in [0, 0.1) is 0 Å². The first-order valence-electron chi connectivity index (χ1n) is 14.6. The van der Waals surface area contributed by atoms with Crippen molar-refractivity contribution in [1.29, 1.82) is 0 Å². The highest BCUT2D eigenvalue weighted by Crippen LogP contribution is 2.40. The number of aromatic nitrogens is 3. The molecule has 14 heteroatoms. The maximum Gasteiger partial charge on any atom is 0.418 e. The highest BCUT2D eigenvalue weighted by atomic mass is 19.4. The van der Waals surface area contributed by atoms with E-state index >= 15 is 0 Å². The van der Waals surface area contributed by atoms with Gasteiger partial charge in [0.05, 0.1) is 36.5 Å². The van der Waals surface area contributed by atoms with Crippen LogP contribution in [-0.2, 0) is 17.3 Å². The number of hydrogen-bond donors (Lipinski definition) is 4. The first-order chi connectivity index (χ1) is 20.7. The Balaban J connectivity index is 1.36. The van der Waals surface area contributed by atoms with Crippen LogP contribution in [0.25, 0.3) is 11.0 Å². The number of nitrogens with one attached hydrogen (secondary N) is 3. The van der Waals surface area contributed by atoms with Gasteiger partial charge in [-0.25, -0.2) is 0 Å². The molecule has 11 nitrogen and oxygen atoms in total. The lowest BCUT2D eigenvalue weighted by atomic mass is 9.99. The molecule has 3 aromatic rings. The number of amides is 1. The summed E-state index contributed by atoms with van der Waals surface area (Å²) < 4.78 is 52.0. The molecule has 1 fully saturated rings. The Hall–Kier alpha value is -3.62. The molecule has 1 saturated heterocycles. The van der Waals surface area contributed by atoms with E-state index in [9.17, 15) is 23.1 Å². The number of H-pyrrole nitrogens is 1. The number of methoxy groups -OCH3 is 1. The van der Waals surface area contributed by atoms with E-state index in [1.807, 2.05) is 4.90 Å². The van der Waals surface area contributed by atoms with Crippen LogP contribution in [0.4, 0.5) is 30.6 Å². The molecule has 2 aliphatic rings. The fourth-order valence-electron chi connectivity index (χ4n) is 5.92. The van der Waals surface area contributed by atoms with Crippen LogP contribution >= 0.6 is 0 Å². The second kappa shape index (κ2) is 13.3. The minimum absolute atomic E-state index is 0.0161. The molecule has 0 atom stereocenters. The van der Waals surface area contributed by atoms with Gasteiger partial charge in [0.2, 0.25) is 5.95 Å². The molecule has 5 rings (SSSR count). The topological polar surface area (TPSA) is 128 Å². The predicted molar refractivity (Wildman–Crippen MR) is 156 cm³/mol. The third kappa shape index (κ3) is 6.65. The Labute approximate surface area is 247 Å². The van der Waals surface area contributed by atoms with Gasteiger partial charge in [0.1, 0.15) is 17.2 Å². The Bertz CT molecular complexity index is 1420. The first kappa shape index (κ1) is 30.8. The van der Waals surface area contributed by atoms with Crippen LogP contribution in [0.3, 0.4) is 0 Å². The van der Waals surface area contributed by atoms with Gasteiger partial charge < -0.3 is 35.1 Å².